The van der Waals surface area contributed by atoms with Crippen molar-refractivity contribution in [3.8, 4) is 0 Å². The lowest BCUT2D eigenvalue weighted by atomic mass is 9.70. The van der Waals surface area contributed by atoms with Gasteiger partial charge in [-0.15, -0.1) is 0 Å². The first-order chi connectivity index (χ1) is 8.90. The lowest BCUT2D eigenvalue weighted by Gasteiger charge is -2.39. The van der Waals surface area contributed by atoms with Gasteiger partial charge in [-0.1, -0.05) is 38.8 Å². The molecule has 2 N–H and O–H groups in total. The van der Waals surface area contributed by atoms with Gasteiger partial charge in [-0.2, -0.15) is 0 Å². The summed E-state index contributed by atoms with van der Waals surface area (Å²) in [6, 6.07) is 5.37. The van der Waals surface area contributed by atoms with Crippen molar-refractivity contribution in [3.05, 3.63) is 35.1 Å². The monoisotopic (exact) mass is 263 g/mol. The molecule has 0 heterocycles. The van der Waals surface area contributed by atoms with Crippen molar-refractivity contribution < 1.29 is 4.39 Å². The second kappa shape index (κ2) is 5.62. The third kappa shape index (κ3) is 3.36. The maximum atomic E-state index is 13.4. The SMILES string of the molecule is Cc1cc(C2(N)CCCC(CC(C)C)C2)ccc1F. The molecule has 1 aromatic carbocycles. The molecule has 1 saturated carbocycles. The molecule has 0 radical (unpaired) electrons. The van der Waals surface area contributed by atoms with Gasteiger partial charge in [0.05, 0.1) is 0 Å². The average Bonchev–Trinajstić information content (AvgIpc) is 2.31. The van der Waals surface area contributed by atoms with Crippen LogP contribution in [0.15, 0.2) is 18.2 Å². The Bertz CT molecular complexity index is 441. The minimum absolute atomic E-state index is 0.137. The smallest absolute Gasteiger partial charge is 0.126 e. The molecule has 0 amide bonds. The summed E-state index contributed by atoms with van der Waals surface area (Å²) in [7, 11) is 0. The van der Waals surface area contributed by atoms with Gasteiger partial charge >= 0.3 is 0 Å². The summed E-state index contributed by atoms with van der Waals surface area (Å²) < 4.78 is 13.4. The van der Waals surface area contributed by atoms with E-state index in [0.29, 0.717) is 11.5 Å². The molecular weight excluding hydrogens is 237 g/mol. The molecule has 0 aromatic heterocycles. The topological polar surface area (TPSA) is 26.0 Å². The highest BCUT2D eigenvalue weighted by Crippen LogP contribution is 2.40. The molecule has 2 atom stereocenters. The van der Waals surface area contributed by atoms with Crippen LogP contribution in [0.2, 0.25) is 0 Å². The largest absolute Gasteiger partial charge is 0.321 e. The van der Waals surface area contributed by atoms with Gasteiger partial charge in [-0.25, -0.2) is 4.39 Å². The van der Waals surface area contributed by atoms with Crippen LogP contribution in [-0.2, 0) is 5.54 Å². The standard InChI is InChI=1S/C17H26FN/c1-12(2)9-14-5-4-8-17(19,11-14)15-6-7-16(18)13(3)10-15/h6-7,10,12,14H,4-5,8-9,11,19H2,1-3H3. The van der Waals surface area contributed by atoms with Crippen molar-refractivity contribution in [1.82, 2.24) is 0 Å². The number of halogens is 1. The molecule has 2 heteroatoms. The number of nitrogens with two attached hydrogens (primary N) is 1. The van der Waals surface area contributed by atoms with E-state index in [1.807, 2.05) is 19.1 Å². The number of benzene rings is 1. The van der Waals surface area contributed by atoms with Crippen molar-refractivity contribution in [2.24, 2.45) is 17.6 Å². The quantitative estimate of drug-likeness (QED) is 0.852. The minimum atomic E-state index is -0.254. The van der Waals surface area contributed by atoms with Crippen LogP contribution in [0.1, 0.15) is 57.1 Å². The van der Waals surface area contributed by atoms with E-state index in [1.165, 1.54) is 19.3 Å². The fourth-order valence-corrected chi connectivity index (χ4v) is 3.51. The van der Waals surface area contributed by atoms with Crippen LogP contribution in [0.4, 0.5) is 4.39 Å². The minimum Gasteiger partial charge on any atom is -0.321 e. The number of aryl methyl sites for hydroxylation is 1. The van der Waals surface area contributed by atoms with E-state index in [1.54, 1.807) is 6.07 Å². The number of hydrogen-bond acceptors (Lipinski definition) is 1. The summed E-state index contributed by atoms with van der Waals surface area (Å²) in [5.74, 6) is 1.30. The first-order valence-electron chi connectivity index (χ1n) is 7.46. The van der Waals surface area contributed by atoms with Gasteiger partial charge < -0.3 is 5.73 Å². The van der Waals surface area contributed by atoms with Crippen molar-refractivity contribution >= 4 is 0 Å². The maximum absolute atomic E-state index is 13.4. The molecular formula is C17H26FN. The highest BCUT2D eigenvalue weighted by Gasteiger charge is 2.34. The van der Waals surface area contributed by atoms with Crippen molar-refractivity contribution in [2.75, 3.05) is 0 Å². The highest BCUT2D eigenvalue weighted by atomic mass is 19.1. The van der Waals surface area contributed by atoms with Crippen LogP contribution < -0.4 is 5.73 Å². The number of rotatable bonds is 3. The van der Waals surface area contributed by atoms with E-state index < -0.39 is 0 Å². The maximum Gasteiger partial charge on any atom is 0.126 e. The Morgan fingerprint density at radius 1 is 1.42 bits per heavy atom. The second-order valence-electron chi connectivity index (χ2n) is 6.71. The predicted molar refractivity (Wildman–Crippen MR) is 78.4 cm³/mol. The molecule has 2 unspecified atom stereocenters. The van der Waals surface area contributed by atoms with Gasteiger partial charge in [0.15, 0.2) is 0 Å². The Hall–Kier alpha value is -0.890. The third-order valence-electron chi connectivity index (χ3n) is 4.43. The summed E-state index contributed by atoms with van der Waals surface area (Å²) in [5, 5.41) is 0. The van der Waals surface area contributed by atoms with Crippen molar-refractivity contribution in [2.45, 2.75) is 58.4 Å². The molecule has 1 aliphatic rings. The highest BCUT2D eigenvalue weighted by molar-refractivity contribution is 5.30. The van der Waals surface area contributed by atoms with Gasteiger partial charge in [0, 0.05) is 5.54 Å². The summed E-state index contributed by atoms with van der Waals surface area (Å²) in [4.78, 5) is 0. The van der Waals surface area contributed by atoms with Crippen LogP contribution in [0.3, 0.4) is 0 Å². The zero-order valence-corrected chi connectivity index (χ0v) is 12.4. The zero-order valence-electron chi connectivity index (χ0n) is 12.4. The Kier molecular flexibility index (Phi) is 4.29. The summed E-state index contributed by atoms with van der Waals surface area (Å²) in [6.45, 7) is 6.36. The zero-order chi connectivity index (χ0) is 14.0. The van der Waals surface area contributed by atoms with E-state index in [9.17, 15) is 4.39 Å². The summed E-state index contributed by atoms with van der Waals surface area (Å²) >= 11 is 0. The van der Waals surface area contributed by atoms with Crippen LogP contribution in [0.25, 0.3) is 0 Å². The van der Waals surface area contributed by atoms with E-state index in [4.69, 9.17) is 5.73 Å². The third-order valence-corrected chi connectivity index (χ3v) is 4.43. The van der Waals surface area contributed by atoms with Crippen LogP contribution >= 0.6 is 0 Å². The summed E-state index contributed by atoms with van der Waals surface area (Å²) in [5.41, 5.74) is 8.20. The van der Waals surface area contributed by atoms with Crippen LogP contribution in [0.5, 0.6) is 0 Å². The second-order valence-corrected chi connectivity index (χ2v) is 6.71. The first kappa shape index (κ1) is 14.5. The molecule has 1 aliphatic carbocycles. The van der Waals surface area contributed by atoms with Crippen molar-refractivity contribution in [3.63, 3.8) is 0 Å². The molecule has 0 saturated heterocycles. The normalized spacial score (nSPS) is 27.8. The van der Waals surface area contributed by atoms with E-state index >= 15 is 0 Å². The molecule has 1 nitrogen and oxygen atoms in total. The van der Waals surface area contributed by atoms with E-state index in [-0.39, 0.29) is 11.4 Å². The van der Waals surface area contributed by atoms with Gasteiger partial charge in [-0.3, -0.25) is 0 Å². The lowest BCUT2D eigenvalue weighted by molar-refractivity contribution is 0.202. The van der Waals surface area contributed by atoms with Gasteiger partial charge in [0.2, 0.25) is 0 Å². The Labute approximate surface area is 116 Å². The first-order valence-corrected chi connectivity index (χ1v) is 7.46. The molecule has 1 fully saturated rings. The van der Waals surface area contributed by atoms with E-state index in [0.717, 1.165) is 24.3 Å². The molecule has 0 spiro atoms. The number of hydrogen-bond donors (Lipinski definition) is 1. The summed E-state index contributed by atoms with van der Waals surface area (Å²) in [6.07, 6.45) is 5.78. The Morgan fingerprint density at radius 3 is 2.79 bits per heavy atom. The fraction of sp³-hybridized carbons (Fsp3) is 0.647. The van der Waals surface area contributed by atoms with Gasteiger partial charge in [0.1, 0.15) is 5.82 Å². The molecule has 0 bridgehead atoms. The van der Waals surface area contributed by atoms with Gasteiger partial charge in [-0.05, 0) is 55.2 Å². The predicted octanol–water partition coefficient (Wildman–Crippen LogP) is 4.52. The van der Waals surface area contributed by atoms with E-state index in [2.05, 4.69) is 13.8 Å². The molecule has 19 heavy (non-hydrogen) atoms. The van der Waals surface area contributed by atoms with Crippen LogP contribution in [-0.4, -0.2) is 0 Å². The molecule has 106 valence electrons. The average molecular weight is 263 g/mol. The lowest BCUT2D eigenvalue weighted by Crippen LogP contribution is -2.41. The van der Waals surface area contributed by atoms with Gasteiger partial charge in [0.25, 0.3) is 0 Å². The fourth-order valence-electron chi connectivity index (χ4n) is 3.51. The molecule has 0 aliphatic heterocycles. The molecule has 1 aromatic rings. The van der Waals surface area contributed by atoms with Crippen molar-refractivity contribution in [1.29, 1.82) is 0 Å². The Balaban J connectivity index is 2.18. The molecule has 2 rings (SSSR count). The van der Waals surface area contributed by atoms with Crippen LogP contribution in [0, 0.1) is 24.6 Å². The Morgan fingerprint density at radius 2 is 2.16 bits per heavy atom.